The molecule has 0 bridgehead atoms. The van der Waals surface area contributed by atoms with E-state index in [2.05, 4.69) is 0 Å². The molecule has 0 radical (unpaired) electrons. The molecule has 2 aliphatic heterocycles. The van der Waals surface area contributed by atoms with E-state index >= 15 is 0 Å². The van der Waals surface area contributed by atoms with Gasteiger partial charge in [-0.25, -0.2) is 4.90 Å². The first-order valence-corrected chi connectivity index (χ1v) is 15.7. The smallest absolute Gasteiger partial charge is 0.241 e. The lowest BCUT2D eigenvalue weighted by molar-refractivity contribution is -0.144. The molecule has 0 unspecified atom stereocenters. The molecular formula is C35H38N2O6. The summed E-state index contributed by atoms with van der Waals surface area (Å²) >= 11 is 0. The number of fused-ring (bicyclic) bond motifs is 4. The third kappa shape index (κ3) is 3.94. The highest BCUT2D eigenvalue weighted by atomic mass is 16.5. The van der Waals surface area contributed by atoms with E-state index in [4.69, 9.17) is 4.74 Å². The SMILES string of the molecule is CCOc1cccc([C@H]2C3=CC[C@@H]4C(=O)N(C5CCCCC5)C(=O)[C@@H]4[C@@H]3C[C@H]3C(=O)N(c4ccccc4)C(=O)[C@@]23C)c1O. The normalized spacial score (nSPS) is 32.4. The van der Waals surface area contributed by atoms with Gasteiger partial charge in [0, 0.05) is 17.5 Å². The lowest BCUT2D eigenvalue weighted by Gasteiger charge is -2.49. The Kier molecular flexibility index (Phi) is 6.71. The van der Waals surface area contributed by atoms with Crippen molar-refractivity contribution in [3.05, 3.63) is 65.7 Å². The Hall–Kier alpha value is -3.94. The summed E-state index contributed by atoms with van der Waals surface area (Å²) in [5.41, 5.74) is 0.667. The average molecular weight is 583 g/mol. The first kappa shape index (κ1) is 27.9. The maximum Gasteiger partial charge on any atom is 0.241 e. The second-order valence-corrected chi connectivity index (χ2v) is 13.0. The molecule has 0 spiro atoms. The number of amides is 4. The fourth-order valence-corrected chi connectivity index (χ4v) is 8.95. The van der Waals surface area contributed by atoms with Crippen LogP contribution in [0.4, 0.5) is 5.69 Å². The molecule has 0 aromatic heterocycles. The summed E-state index contributed by atoms with van der Waals surface area (Å²) in [6, 6.07) is 14.1. The zero-order valence-corrected chi connectivity index (χ0v) is 24.7. The number of rotatable bonds is 5. The molecule has 2 aromatic carbocycles. The van der Waals surface area contributed by atoms with E-state index in [0.717, 1.165) is 37.7 Å². The van der Waals surface area contributed by atoms with Crippen LogP contribution in [0.25, 0.3) is 0 Å². The molecule has 2 aromatic rings. The van der Waals surface area contributed by atoms with Gasteiger partial charge in [0.25, 0.3) is 0 Å². The van der Waals surface area contributed by atoms with Crippen LogP contribution in [0, 0.1) is 29.1 Å². The number of carbonyl (C=O) groups excluding carboxylic acids is 4. The fraction of sp³-hybridized carbons (Fsp3) is 0.486. The summed E-state index contributed by atoms with van der Waals surface area (Å²) in [7, 11) is 0. The van der Waals surface area contributed by atoms with Crippen LogP contribution in [-0.2, 0) is 19.2 Å². The largest absolute Gasteiger partial charge is 0.504 e. The molecule has 8 heteroatoms. The van der Waals surface area contributed by atoms with Gasteiger partial charge < -0.3 is 9.84 Å². The number of nitrogens with zero attached hydrogens (tertiary/aromatic N) is 2. The Morgan fingerprint density at radius 3 is 2.37 bits per heavy atom. The van der Waals surface area contributed by atoms with Crippen LogP contribution < -0.4 is 9.64 Å². The molecule has 3 aliphatic carbocycles. The first-order valence-electron chi connectivity index (χ1n) is 15.7. The van der Waals surface area contributed by atoms with E-state index < -0.39 is 35.0 Å². The van der Waals surface area contributed by atoms with Crippen molar-refractivity contribution >= 4 is 29.3 Å². The number of carbonyl (C=O) groups is 4. The molecule has 7 rings (SSSR count). The number of aromatic hydroxyl groups is 1. The van der Waals surface area contributed by atoms with Crippen LogP contribution in [-0.4, -0.2) is 46.3 Å². The van der Waals surface area contributed by atoms with Crippen molar-refractivity contribution in [2.45, 2.75) is 70.8 Å². The minimum atomic E-state index is -1.21. The molecular weight excluding hydrogens is 544 g/mol. The van der Waals surface area contributed by atoms with Gasteiger partial charge >= 0.3 is 0 Å². The predicted molar refractivity (Wildman–Crippen MR) is 159 cm³/mol. The van der Waals surface area contributed by atoms with Gasteiger partial charge in [0.05, 0.1) is 35.5 Å². The van der Waals surface area contributed by atoms with E-state index in [1.165, 1.54) is 4.90 Å². The van der Waals surface area contributed by atoms with Gasteiger partial charge in [-0.1, -0.05) is 61.2 Å². The molecule has 43 heavy (non-hydrogen) atoms. The lowest BCUT2D eigenvalue weighted by atomic mass is 9.51. The quantitative estimate of drug-likeness (QED) is 0.376. The number of hydrogen-bond acceptors (Lipinski definition) is 6. The van der Waals surface area contributed by atoms with E-state index in [1.54, 1.807) is 47.4 Å². The van der Waals surface area contributed by atoms with E-state index in [9.17, 15) is 24.3 Å². The molecule has 2 saturated heterocycles. The van der Waals surface area contributed by atoms with Crippen LogP contribution in [0.5, 0.6) is 11.5 Å². The summed E-state index contributed by atoms with van der Waals surface area (Å²) < 4.78 is 5.73. The van der Waals surface area contributed by atoms with Gasteiger partial charge in [0.1, 0.15) is 0 Å². The highest BCUT2D eigenvalue weighted by Crippen LogP contribution is 2.65. The Bertz CT molecular complexity index is 1530. The molecule has 2 heterocycles. The second kappa shape index (κ2) is 10.4. The number of imide groups is 2. The van der Waals surface area contributed by atoms with Gasteiger partial charge in [0.15, 0.2) is 11.5 Å². The molecule has 8 nitrogen and oxygen atoms in total. The van der Waals surface area contributed by atoms with Crippen LogP contribution in [0.15, 0.2) is 60.2 Å². The van der Waals surface area contributed by atoms with Crippen molar-refractivity contribution in [3.8, 4) is 11.5 Å². The average Bonchev–Trinajstić information content (AvgIpc) is 3.39. The topological polar surface area (TPSA) is 104 Å². The van der Waals surface area contributed by atoms with Crippen LogP contribution in [0.3, 0.4) is 0 Å². The van der Waals surface area contributed by atoms with Crippen LogP contribution in [0.2, 0.25) is 0 Å². The van der Waals surface area contributed by atoms with Gasteiger partial charge in [-0.3, -0.25) is 24.1 Å². The fourth-order valence-electron chi connectivity index (χ4n) is 8.95. The van der Waals surface area contributed by atoms with Gasteiger partial charge in [-0.05, 0) is 63.6 Å². The number of likely N-dealkylation sites (tertiary alicyclic amines) is 1. The predicted octanol–water partition coefficient (Wildman–Crippen LogP) is 5.35. The molecule has 4 amide bonds. The standard InChI is InChI=1S/C35H38N2O6/c1-3-43-27-16-10-15-24(30(27)38)29-22-17-18-23-28(33(41)36(31(23)39)20-11-6-4-7-12-20)25(22)19-26-32(40)37(34(42)35(26,29)2)21-13-8-5-9-14-21/h5,8-10,13-17,20,23,25-26,28-29,38H,3-4,6-7,11-12,18-19H2,1-2H3/t23-,25+,26-,28-,29+,35+/m0/s1. The third-order valence-corrected chi connectivity index (χ3v) is 10.9. The van der Waals surface area contributed by atoms with Crippen LogP contribution in [0.1, 0.15) is 70.3 Å². The maximum absolute atomic E-state index is 14.5. The van der Waals surface area contributed by atoms with E-state index in [-0.39, 0.29) is 35.4 Å². The van der Waals surface area contributed by atoms with Gasteiger partial charge in [-0.2, -0.15) is 0 Å². The Morgan fingerprint density at radius 2 is 1.65 bits per heavy atom. The number of hydrogen-bond donors (Lipinski definition) is 1. The molecule has 6 atom stereocenters. The van der Waals surface area contributed by atoms with Crippen LogP contribution >= 0.6 is 0 Å². The second-order valence-electron chi connectivity index (χ2n) is 13.0. The maximum atomic E-state index is 14.5. The summed E-state index contributed by atoms with van der Waals surface area (Å²) in [6.45, 7) is 4.02. The van der Waals surface area contributed by atoms with Crippen molar-refractivity contribution in [2.75, 3.05) is 11.5 Å². The van der Waals surface area contributed by atoms with Crippen molar-refractivity contribution in [3.63, 3.8) is 0 Å². The zero-order chi connectivity index (χ0) is 30.0. The number of ether oxygens (including phenoxy) is 1. The number of anilines is 1. The minimum Gasteiger partial charge on any atom is -0.504 e. The molecule has 1 N–H and O–H groups in total. The third-order valence-electron chi connectivity index (χ3n) is 10.9. The zero-order valence-electron chi connectivity index (χ0n) is 24.7. The Morgan fingerprint density at radius 1 is 0.907 bits per heavy atom. The number of allylic oxidation sites excluding steroid dienone is 2. The van der Waals surface area contributed by atoms with Crippen molar-refractivity contribution in [1.82, 2.24) is 4.90 Å². The first-order chi connectivity index (χ1) is 20.8. The molecule has 4 fully saturated rings. The monoisotopic (exact) mass is 582 g/mol. The summed E-state index contributed by atoms with van der Waals surface area (Å²) in [5.74, 6) is -3.44. The van der Waals surface area contributed by atoms with Crippen molar-refractivity contribution in [2.24, 2.45) is 29.1 Å². The van der Waals surface area contributed by atoms with Gasteiger partial charge in [-0.15, -0.1) is 0 Å². The minimum absolute atomic E-state index is 0.0611. The van der Waals surface area contributed by atoms with Gasteiger partial charge in [0.2, 0.25) is 23.6 Å². The van der Waals surface area contributed by atoms with E-state index in [1.807, 2.05) is 26.0 Å². The summed E-state index contributed by atoms with van der Waals surface area (Å²) in [5, 5.41) is 11.5. The molecule has 224 valence electrons. The highest BCUT2D eigenvalue weighted by Gasteiger charge is 2.68. The lowest BCUT2D eigenvalue weighted by Crippen LogP contribution is -2.49. The van der Waals surface area contributed by atoms with Crippen molar-refractivity contribution < 1.29 is 29.0 Å². The summed E-state index contributed by atoms with van der Waals surface area (Å²) in [6.07, 6.45) is 7.54. The Labute approximate surface area is 251 Å². The Balaban J connectivity index is 1.37. The van der Waals surface area contributed by atoms with E-state index in [0.29, 0.717) is 36.4 Å². The summed E-state index contributed by atoms with van der Waals surface area (Å²) in [4.78, 5) is 59.6. The number of benzene rings is 2. The van der Waals surface area contributed by atoms with Crippen molar-refractivity contribution in [1.29, 1.82) is 0 Å². The number of phenolic OH excluding ortho intramolecular Hbond substituents is 1. The highest BCUT2D eigenvalue weighted by molar-refractivity contribution is 6.24. The number of para-hydroxylation sites is 2. The number of phenols is 1. The molecule has 5 aliphatic rings. The molecule has 2 saturated carbocycles.